The van der Waals surface area contributed by atoms with Crippen molar-refractivity contribution in [3.63, 3.8) is 0 Å². The van der Waals surface area contributed by atoms with Gasteiger partial charge in [0.2, 0.25) is 0 Å². The molecule has 1 aromatic carbocycles. The number of aromatic nitrogens is 3. The number of amides is 1. The summed E-state index contributed by atoms with van der Waals surface area (Å²) in [5.74, 6) is 2.18. The van der Waals surface area contributed by atoms with Crippen molar-refractivity contribution >= 4 is 22.6 Å². The molecule has 2 fully saturated rings. The highest BCUT2D eigenvalue weighted by atomic mass is 16.1. The molecule has 5 rings (SSSR count). The van der Waals surface area contributed by atoms with E-state index in [-0.39, 0.29) is 11.9 Å². The summed E-state index contributed by atoms with van der Waals surface area (Å²) in [6.07, 6.45) is 6.41. The van der Waals surface area contributed by atoms with Crippen molar-refractivity contribution < 1.29 is 4.79 Å². The number of carbonyl (C=O) groups excluding carboxylic acids is 1. The summed E-state index contributed by atoms with van der Waals surface area (Å²) in [5.41, 5.74) is 2.81. The third-order valence-corrected chi connectivity index (χ3v) is 5.87. The lowest BCUT2D eigenvalue weighted by Crippen LogP contribution is -2.52. The van der Waals surface area contributed by atoms with Crippen LogP contribution >= 0.6 is 0 Å². The van der Waals surface area contributed by atoms with Crippen LogP contribution in [0.4, 0.5) is 5.82 Å². The van der Waals surface area contributed by atoms with Gasteiger partial charge in [0.25, 0.3) is 5.91 Å². The van der Waals surface area contributed by atoms with Gasteiger partial charge in [0.1, 0.15) is 12.1 Å². The number of benzene rings is 1. The van der Waals surface area contributed by atoms with E-state index in [1.165, 1.54) is 0 Å². The average Bonchev–Trinajstić information content (AvgIpc) is 3.24. The Morgan fingerprint density at radius 3 is 3.12 bits per heavy atom. The predicted molar refractivity (Wildman–Crippen MR) is 100 cm³/mol. The molecule has 1 saturated heterocycles. The zero-order chi connectivity index (χ0) is 17.7. The second kappa shape index (κ2) is 5.83. The van der Waals surface area contributed by atoms with Crippen LogP contribution < -0.4 is 10.2 Å². The highest BCUT2D eigenvalue weighted by Crippen LogP contribution is 2.42. The molecule has 132 valence electrons. The number of nitrogens with zero attached hydrogens (tertiary/aromatic N) is 3. The lowest BCUT2D eigenvalue weighted by atomic mass is 9.71. The second-order valence-electron chi connectivity index (χ2n) is 7.45. The lowest BCUT2D eigenvalue weighted by molar-refractivity contribution is 0.0833. The molecule has 1 saturated carbocycles. The van der Waals surface area contributed by atoms with Gasteiger partial charge in [0.05, 0.1) is 0 Å². The maximum absolute atomic E-state index is 12.6. The number of rotatable bonds is 3. The van der Waals surface area contributed by atoms with Crippen LogP contribution in [0.15, 0.2) is 43.0 Å². The van der Waals surface area contributed by atoms with Crippen molar-refractivity contribution in [1.82, 2.24) is 20.3 Å². The van der Waals surface area contributed by atoms with Crippen LogP contribution in [-0.2, 0) is 0 Å². The van der Waals surface area contributed by atoms with Crippen molar-refractivity contribution in [3.05, 3.63) is 54.1 Å². The summed E-state index contributed by atoms with van der Waals surface area (Å²) in [6.45, 7) is 4.01. The first-order chi connectivity index (χ1) is 12.7. The van der Waals surface area contributed by atoms with E-state index in [0.29, 0.717) is 17.4 Å². The minimum absolute atomic E-state index is 0.0154. The van der Waals surface area contributed by atoms with Gasteiger partial charge in [-0.1, -0.05) is 6.07 Å². The molecule has 1 aliphatic heterocycles. The third-order valence-electron chi connectivity index (χ3n) is 5.87. The van der Waals surface area contributed by atoms with Gasteiger partial charge in [-0.15, -0.1) is 0 Å². The van der Waals surface area contributed by atoms with Crippen molar-refractivity contribution in [2.24, 2.45) is 11.8 Å². The smallest absolute Gasteiger partial charge is 0.251 e. The van der Waals surface area contributed by atoms with Crippen LogP contribution in [0.1, 0.15) is 22.3 Å². The Labute approximate surface area is 151 Å². The standard InChI is InChI=1S/C20H21N5O/c1-12-8-21-11-23-19(12)25-9-15-7-18(16(15)10-25)24-20(26)14-3-2-13-4-5-22-17(13)6-14/h2-6,8,11,15-16,18,22H,7,9-10H2,1H3,(H,24,26). The number of carbonyl (C=O) groups is 1. The van der Waals surface area contributed by atoms with E-state index in [1.807, 2.05) is 43.6 Å². The molecule has 0 radical (unpaired) electrons. The van der Waals surface area contributed by atoms with Gasteiger partial charge >= 0.3 is 0 Å². The SMILES string of the molecule is Cc1cncnc1N1CC2CC(NC(=O)c3ccc4cc[nH]c4c3)C2C1. The Kier molecular flexibility index (Phi) is 3.45. The number of hydrogen-bond acceptors (Lipinski definition) is 4. The zero-order valence-corrected chi connectivity index (χ0v) is 14.6. The molecule has 6 heteroatoms. The molecular weight excluding hydrogens is 326 g/mol. The Balaban J connectivity index is 1.27. The van der Waals surface area contributed by atoms with E-state index in [2.05, 4.69) is 25.2 Å². The fraction of sp³-hybridized carbons (Fsp3) is 0.350. The number of aryl methyl sites for hydroxylation is 1. The first-order valence-electron chi connectivity index (χ1n) is 9.08. The minimum Gasteiger partial charge on any atom is -0.361 e. The average molecular weight is 347 g/mol. The largest absolute Gasteiger partial charge is 0.361 e. The van der Waals surface area contributed by atoms with Crippen molar-refractivity contribution in [1.29, 1.82) is 0 Å². The molecule has 0 spiro atoms. The second-order valence-corrected chi connectivity index (χ2v) is 7.45. The molecule has 2 aromatic heterocycles. The fourth-order valence-electron chi connectivity index (χ4n) is 4.41. The summed E-state index contributed by atoms with van der Waals surface area (Å²) in [7, 11) is 0. The van der Waals surface area contributed by atoms with E-state index in [4.69, 9.17) is 0 Å². The summed E-state index contributed by atoms with van der Waals surface area (Å²) in [6, 6.07) is 8.06. The van der Waals surface area contributed by atoms with Crippen molar-refractivity contribution in [2.75, 3.05) is 18.0 Å². The van der Waals surface area contributed by atoms with Crippen LogP contribution in [0.2, 0.25) is 0 Å². The summed E-state index contributed by atoms with van der Waals surface area (Å²) in [4.78, 5) is 26.7. The molecule has 3 unspecified atom stereocenters. The summed E-state index contributed by atoms with van der Waals surface area (Å²) >= 11 is 0. The monoisotopic (exact) mass is 347 g/mol. The zero-order valence-electron chi connectivity index (χ0n) is 14.6. The molecule has 0 bridgehead atoms. The molecule has 2 aliphatic rings. The number of anilines is 1. The molecule has 1 aliphatic carbocycles. The number of nitrogens with one attached hydrogen (secondary N) is 2. The van der Waals surface area contributed by atoms with Gasteiger partial charge in [-0.3, -0.25) is 4.79 Å². The highest BCUT2D eigenvalue weighted by molar-refractivity contribution is 5.98. The van der Waals surface area contributed by atoms with Crippen LogP contribution in [0, 0.1) is 18.8 Å². The van der Waals surface area contributed by atoms with E-state index in [0.717, 1.165) is 41.8 Å². The lowest BCUT2D eigenvalue weighted by Gasteiger charge is -2.39. The van der Waals surface area contributed by atoms with Gasteiger partial charge in [0, 0.05) is 54.1 Å². The van der Waals surface area contributed by atoms with Gasteiger partial charge in [-0.2, -0.15) is 0 Å². The fourth-order valence-corrected chi connectivity index (χ4v) is 4.41. The Hall–Kier alpha value is -2.89. The molecule has 2 N–H and O–H groups in total. The molecule has 6 nitrogen and oxygen atoms in total. The highest BCUT2D eigenvalue weighted by Gasteiger charge is 2.48. The number of aromatic amines is 1. The topological polar surface area (TPSA) is 73.9 Å². The maximum atomic E-state index is 12.6. The molecule has 3 heterocycles. The van der Waals surface area contributed by atoms with Gasteiger partial charge in [-0.05, 0) is 42.8 Å². The first-order valence-corrected chi connectivity index (χ1v) is 9.08. The Morgan fingerprint density at radius 1 is 1.31 bits per heavy atom. The van der Waals surface area contributed by atoms with Crippen molar-refractivity contribution in [3.8, 4) is 0 Å². The molecule has 3 atom stereocenters. The molecular formula is C20H21N5O. The predicted octanol–water partition coefficient (Wildman–Crippen LogP) is 2.52. The maximum Gasteiger partial charge on any atom is 0.251 e. The minimum atomic E-state index is 0.0154. The number of H-pyrrole nitrogens is 1. The van der Waals surface area contributed by atoms with Crippen molar-refractivity contribution in [2.45, 2.75) is 19.4 Å². The molecule has 3 aromatic rings. The van der Waals surface area contributed by atoms with Crippen LogP contribution in [0.25, 0.3) is 10.9 Å². The van der Waals surface area contributed by atoms with Crippen LogP contribution in [0.3, 0.4) is 0 Å². The van der Waals surface area contributed by atoms with E-state index in [9.17, 15) is 4.79 Å². The van der Waals surface area contributed by atoms with E-state index >= 15 is 0 Å². The number of fused-ring (bicyclic) bond motifs is 2. The van der Waals surface area contributed by atoms with Crippen LogP contribution in [-0.4, -0.2) is 40.0 Å². The van der Waals surface area contributed by atoms with Gasteiger partial charge in [-0.25, -0.2) is 9.97 Å². The number of hydrogen-bond donors (Lipinski definition) is 2. The summed E-state index contributed by atoms with van der Waals surface area (Å²) < 4.78 is 0. The first kappa shape index (κ1) is 15.4. The Bertz CT molecular complexity index is 981. The van der Waals surface area contributed by atoms with E-state index in [1.54, 1.807) is 6.33 Å². The Morgan fingerprint density at radius 2 is 2.23 bits per heavy atom. The van der Waals surface area contributed by atoms with Gasteiger partial charge < -0.3 is 15.2 Å². The normalized spacial score (nSPS) is 24.3. The van der Waals surface area contributed by atoms with Gasteiger partial charge in [0.15, 0.2) is 0 Å². The molecule has 1 amide bonds. The van der Waals surface area contributed by atoms with E-state index < -0.39 is 0 Å². The van der Waals surface area contributed by atoms with Crippen LogP contribution in [0.5, 0.6) is 0 Å². The quantitative estimate of drug-likeness (QED) is 0.763. The third kappa shape index (κ3) is 2.44. The summed E-state index contributed by atoms with van der Waals surface area (Å²) in [5, 5.41) is 4.36. The molecule has 26 heavy (non-hydrogen) atoms.